The van der Waals surface area contributed by atoms with Crippen LogP contribution in [0.3, 0.4) is 0 Å². The molecule has 2 aromatic heterocycles. The predicted octanol–water partition coefficient (Wildman–Crippen LogP) is 2.59. The summed E-state index contributed by atoms with van der Waals surface area (Å²) in [5, 5.41) is 6.75. The second kappa shape index (κ2) is 5.20. The van der Waals surface area contributed by atoms with Crippen molar-refractivity contribution in [2.45, 2.75) is 13.8 Å². The number of nitrogens with one attached hydrogen (secondary N) is 1. The number of hydrogen-bond acceptors (Lipinski definition) is 5. The number of amides is 1. The van der Waals surface area contributed by atoms with Crippen LogP contribution < -0.4 is 5.43 Å². The van der Waals surface area contributed by atoms with Crippen LogP contribution in [0.2, 0.25) is 0 Å². The van der Waals surface area contributed by atoms with Crippen LogP contribution in [-0.4, -0.2) is 17.1 Å². The molecule has 2 rings (SSSR count). The first-order valence-corrected chi connectivity index (χ1v) is 6.67. The molecule has 0 bridgehead atoms. The summed E-state index contributed by atoms with van der Waals surface area (Å²) in [5.74, 6) is -0.207. The normalized spacial score (nSPS) is 10.9. The molecule has 0 radical (unpaired) electrons. The molecule has 1 amide bonds. The molecular formula is C11H11N3OS2. The molecule has 6 heteroatoms. The van der Waals surface area contributed by atoms with Crippen molar-refractivity contribution < 1.29 is 4.79 Å². The molecule has 0 spiro atoms. The number of aryl methyl sites for hydroxylation is 2. The number of carbonyl (C=O) groups is 1. The van der Waals surface area contributed by atoms with Crippen molar-refractivity contribution in [3.63, 3.8) is 0 Å². The fourth-order valence-electron chi connectivity index (χ4n) is 1.31. The van der Waals surface area contributed by atoms with Crippen LogP contribution in [0.15, 0.2) is 22.6 Å². The van der Waals surface area contributed by atoms with E-state index in [1.165, 1.54) is 11.3 Å². The number of thiophene rings is 1. The van der Waals surface area contributed by atoms with Gasteiger partial charge in [0.2, 0.25) is 0 Å². The highest BCUT2D eigenvalue weighted by molar-refractivity contribution is 7.13. The SMILES string of the molecule is Cc1nc(C)c(C(=O)N/N=C/c2cccs2)s1. The van der Waals surface area contributed by atoms with Crippen molar-refractivity contribution in [3.8, 4) is 0 Å². The Balaban J connectivity index is 2.00. The molecule has 0 aromatic carbocycles. The minimum absolute atomic E-state index is 0.207. The standard InChI is InChI=1S/C11H11N3OS2/c1-7-10(17-8(2)13-7)11(15)14-12-6-9-4-3-5-16-9/h3-6H,1-2H3,(H,14,15)/b12-6+. The third-order valence-corrected chi connectivity index (χ3v) is 3.89. The quantitative estimate of drug-likeness (QED) is 0.685. The van der Waals surface area contributed by atoms with Gasteiger partial charge in [0.15, 0.2) is 0 Å². The maximum atomic E-state index is 11.8. The van der Waals surface area contributed by atoms with Gasteiger partial charge in [-0.3, -0.25) is 4.79 Å². The van der Waals surface area contributed by atoms with E-state index >= 15 is 0 Å². The molecule has 0 aliphatic heterocycles. The molecule has 1 N–H and O–H groups in total. The fraction of sp³-hybridized carbons (Fsp3) is 0.182. The predicted molar refractivity (Wildman–Crippen MR) is 71.0 cm³/mol. The van der Waals surface area contributed by atoms with Crippen LogP contribution in [0.1, 0.15) is 25.3 Å². The van der Waals surface area contributed by atoms with Crippen molar-refractivity contribution in [1.82, 2.24) is 10.4 Å². The lowest BCUT2D eigenvalue weighted by atomic mass is 10.4. The van der Waals surface area contributed by atoms with Gasteiger partial charge in [0.25, 0.3) is 5.91 Å². The Bertz CT molecular complexity index is 543. The van der Waals surface area contributed by atoms with E-state index in [0.29, 0.717) is 4.88 Å². The third kappa shape index (κ3) is 2.98. The molecule has 0 unspecified atom stereocenters. The summed E-state index contributed by atoms with van der Waals surface area (Å²) in [4.78, 5) is 17.6. The number of aromatic nitrogens is 1. The Kier molecular flexibility index (Phi) is 3.65. The van der Waals surface area contributed by atoms with E-state index < -0.39 is 0 Å². The Morgan fingerprint density at radius 3 is 2.94 bits per heavy atom. The lowest BCUT2D eigenvalue weighted by Gasteiger charge is -1.95. The fourth-order valence-corrected chi connectivity index (χ4v) is 2.71. The highest BCUT2D eigenvalue weighted by atomic mass is 32.1. The summed E-state index contributed by atoms with van der Waals surface area (Å²) < 4.78 is 0. The molecule has 0 saturated heterocycles. The first-order chi connectivity index (χ1) is 8.16. The van der Waals surface area contributed by atoms with E-state index in [-0.39, 0.29) is 5.91 Å². The van der Waals surface area contributed by atoms with Crippen LogP contribution >= 0.6 is 22.7 Å². The first-order valence-electron chi connectivity index (χ1n) is 4.98. The van der Waals surface area contributed by atoms with Crippen molar-refractivity contribution in [1.29, 1.82) is 0 Å². The zero-order valence-corrected chi connectivity index (χ0v) is 11.1. The lowest BCUT2D eigenvalue weighted by molar-refractivity contribution is 0.0958. The first kappa shape index (κ1) is 11.9. The summed E-state index contributed by atoms with van der Waals surface area (Å²) >= 11 is 2.94. The van der Waals surface area contributed by atoms with Crippen molar-refractivity contribution >= 4 is 34.8 Å². The van der Waals surface area contributed by atoms with Gasteiger partial charge < -0.3 is 0 Å². The lowest BCUT2D eigenvalue weighted by Crippen LogP contribution is -2.17. The van der Waals surface area contributed by atoms with Crippen LogP contribution in [0.5, 0.6) is 0 Å². The van der Waals surface area contributed by atoms with Gasteiger partial charge in [0.1, 0.15) is 4.88 Å². The van der Waals surface area contributed by atoms with Gasteiger partial charge >= 0.3 is 0 Å². The Labute approximate surface area is 107 Å². The zero-order valence-electron chi connectivity index (χ0n) is 9.43. The molecule has 17 heavy (non-hydrogen) atoms. The molecule has 0 fully saturated rings. The summed E-state index contributed by atoms with van der Waals surface area (Å²) in [6.45, 7) is 3.70. The summed E-state index contributed by atoms with van der Waals surface area (Å²) in [7, 11) is 0. The minimum atomic E-state index is -0.207. The highest BCUT2D eigenvalue weighted by Crippen LogP contribution is 2.16. The molecular weight excluding hydrogens is 254 g/mol. The summed E-state index contributed by atoms with van der Waals surface area (Å²) in [6, 6.07) is 3.87. The average molecular weight is 265 g/mol. The van der Waals surface area contributed by atoms with Gasteiger partial charge in [-0.05, 0) is 25.3 Å². The maximum absolute atomic E-state index is 11.8. The van der Waals surface area contributed by atoms with E-state index in [0.717, 1.165) is 15.6 Å². The van der Waals surface area contributed by atoms with Crippen LogP contribution in [0, 0.1) is 13.8 Å². The number of hydrogen-bond donors (Lipinski definition) is 1. The number of rotatable bonds is 3. The monoisotopic (exact) mass is 265 g/mol. The van der Waals surface area contributed by atoms with E-state index in [1.807, 2.05) is 31.4 Å². The maximum Gasteiger partial charge on any atom is 0.283 e. The molecule has 4 nitrogen and oxygen atoms in total. The largest absolute Gasteiger partial charge is 0.283 e. The topological polar surface area (TPSA) is 54.4 Å². The summed E-state index contributed by atoms with van der Waals surface area (Å²) in [5.41, 5.74) is 3.25. The van der Waals surface area contributed by atoms with E-state index in [9.17, 15) is 4.79 Å². The van der Waals surface area contributed by atoms with Gasteiger partial charge in [-0.1, -0.05) is 6.07 Å². The Morgan fingerprint density at radius 1 is 1.53 bits per heavy atom. The van der Waals surface area contributed by atoms with E-state index in [2.05, 4.69) is 15.5 Å². The van der Waals surface area contributed by atoms with Gasteiger partial charge in [0, 0.05) is 4.88 Å². The Hall–Kier alpha value is -1.53. The van der Waals surface area contributed by atoms with Crippen LogP contribution in [0.4, 0.5) is 0 Å². The number of hydrazone groups is 1. The third-order valence-electron chi connectivity index (χ3n) is 2.01. The second-order valence-electron chi connectivity index (χ2n) is 3.36. The van der Waals surface area contributed by atoms with Crippen molar-refractivity contribution in [2.24, 2.45) is 5.10 Å². The molecule has 0 aliphatic rings. The smallest absolute Gasteiger partial charge is 0.266 e. The van der Waals surface area contributed by atoms with Crippen LogP contribution in [0.25, 0.3) is 0 Å². The van der Waals surface area contributed by atoms with Crippen molar-refractivity contribution in [3.05, 3.63) is 38.0 Å². The van der Waals surface area contributed by atoms with Crippen molar-refractivity contribution in [2.75, 3.05) is 0 Å². The molecule has 2 aromatic rings. The number of carbonyl (C=O) groups excluding carboxylic acids is 1. The molecule has 88 valence electrons. The minimum Gasteiger partial charge on any atom is -0.266 e. The second-order valence-corrected chi connectivity index (χ2v) is 5.54. The molecule has 0 saturated carbocycles. The molecule has 0 atom stereocenters. The number of thiazole rings is 1. The number of nitrogens with zero attached hydrogens (tertiary/aromatic N) is 2. The van der Waals surface area contributed by atoms with Gasteiger partial charge in [-0.25, -0.2) is 10.4 Å². The molecule has 0 aliphatic carbocycles. The highest BCUT2D eigenvalue weighted by Gasteiger charge is 2.12. The van der Waals surface area contributed by atoms with Gasteiger partial charge in [-0.2, -0.15) is 5.10 Å². The van der Waals surface area contributed by atoms with E-state index in [4.69, 9.17) is 0 Å². The Morgan fingerprint density at radius 2 is 2.35 bits per heavy atom. The zero-order chi connectivity index (χ0) is 12.3. The summed E-state index contributed by atoms with van der Waals surface area (Å²) in [6.07, 6.45) is 1.63. The van der Waals surface area contributed by atoms with Gasteiger partial charge in [-0.15, -0.1) is 22.7 Å². The van der Waals surface area contributed by atoms with Gasteiger partial charge in [0.05, 0.1) is 16.9 Å². The average Bonchev–Trinajstić information content (AvgIpc) is 2.88. The van der Waals surface area contributed by atoms with Crippen LogP contribution in [-0.2, 0) is 0 Å². The van der Waals surface area contributed by atoms with E-state index in [1.54, 1.807) is 17.6 Å². The molecule has 2 heterocycles.